The summed E-state index contributed by atoms with van der Waals surface area (Å²) in [6.45, 7) is 3.49. The second kappa shape index (κ2) is 8.77. The summed E-state index contributed by atoms with van der Waals surface area (Å²) in [4.78, 5) is 30.6. The third kappa shape index (κ3) is 4.67. The Morgan fingerprint density at radius 1 is 1.48 bits per heavy atom. The Labute approximate surface area is 147 Å². The molecule has 2 rings (SSSR count). The lowest BCUT2D eigenvalue weighted by Gasteiger charge is -2.42. The maximum absolute atomic E-state index is 13.0. The van der Waals surface area contributed by atoms with Gasteiger partial charge < -0.3 is 24.4 Å². The van der Waals surface area contributed by atoms with Crippen molar-refractivity contribution in [2.45, 2.75) is 18.9 Å². The highest BCUT2D eigenvalue weighted by Crippen LogP contribution is 2.25. The number of hydrogen-bond acceptors (Lipinski definition) is 6. The molecule has 0 radical (unpaired) electrons. The SMILES string of the molecule is CCOc1ncccc1C(=O)N1CCO[C@](COC)(CC(=O)NC)C1. The molecule has 25 heavy (non-hydrogen) atoms. The number of carbonyl (C=O) groups excluding carboxylic acids is 2. The van der Waals surface area contributed by atoms with Crippen molar-refractivity contribution in [3.63, 3.8) is 0 Å². The van der Waals surface area contributed by atoms with Gasteiger partial charge in [0.15, 0.2) is 0 Å². The summed E-state index contributed by atoms with van der Waals surface area (Å²) in [6.07, 6.45) is 1.70. The van der Waals surface area contributed by atoms with Gasteiger partial charge in [-0.2, -0.15) is 0 Å². The molecular weight excluding hydrogens is 326 g/mol. The topological polar surface area (TPSA) is 90.0 Å². The molecule has 1 aromatic heterocycles. The Kier molecular flexibility index (Phi) is 6.72. The van der Waals surface area contributed by atoms with Gasteiger partial charge in [-0.25, -0.2) is 4.98 Å². The van der Waals surface area contributed by atoms with Crippen molar-refractivity contribution >= 4 is 11.8 Å². The highest BCUT2D eigenvalue weighted by atomic mass is 16.5. The molecule has 1 saturated heterocycles. The third-order valence-corrected chi connectivity index (χ3v) is 3.99. The van der Waals surface area contributed by atoms with E-state index in [9.17, 15) is 9.59 Å². The number of ether oxygens (including phenoxy) is 3. The normalized spacial score (nSPS) is 20.2. The number of carbonyl (C=O) groups is 2. The van der Waals surface area contributed by atoms with Crippen LogP contribution in [0.2, 0.25) is 0 Å². The molecule has 1 aliphatic rings. The lowest BCUT2D eigenvalue weighted by Crippen LogP contribution is -2.57. The van der Waals surface area contributed by atoms with E-state index in [0.717, 1.165) is 0 Å². The van der Waals surface area contributed by atoms with Crippen LogP contribution >= 0.6 is 0 Å². The largest absolute Gasteiger partial charge is 0.477 e. The smallest absolute Gasteiger partial charge is 0.259 e. The zero-order chi connectivity index (χ0) is 18.3. The second-order valence-electron chi connectivity index (χ2n) is 5.83. The van der Waals surface area contributed by atoms with Crippen LogP contribution in [0.15, 0.2) is 18.3 Å². The van der Waals surface area contributed by atoms with Crippen LogP contribution < -0.4 is 10.1 Å². The van der Waals surface area contributed by atoms with Crippen LogP contribution in [0, 0.1) is 0 Å². The number of pyridine rings is 1. The van der Waals surface area contributed by atoms with Gasteiger partial charge >= 0.3 is 0 Å². The summed E-state index contributed by atoms with van der Waals surface area (Å²) < 4.78 is 16.5. The third-order valence-electron chi connectivity index (χ3n) is 3.99. The second-order valence-corrected chi connectivity index (χ2v) is 5.83. The fourth-order valence-corrected chi connectivity index (χ4v) is 2.88. The van der Waals surface area contributed by atoms with Crippen LogP contribution in [0.5, 0.6) is 5.88 Å². The molecule has 138 valence electrons. The van der Waals surface area contributed by atoms with Gasteiger partial charge in [-0.15, -0.1) is 0 Å². The number of methoxy groups -OCH3 is 1. The number of hydrogen-bond donors (Lipinski definition) is 1. The van der Waals surface area contributed by atoms with Crippen molar-refractivity contribution in [2.75, 3.05) is 47.1 Å². The van der Waals surface area contributed by atoms with Crippen molar-refractivity contribution in [1.29, 1.82) is 0 Å². The molecule has 0 bridgehead atoms. The minimum atomic E-state index is -0.864. The minimum Gasteiger partial charge on any atom is -0.477 e. The predicted molar refractivity (Wildman–Crippen MR) is 90.6 cm³/mol. The fourth-order valence-electron chi connectivity index (χ4n) is 2.88. The van der Waals surface area contributed by atoms with E-state index < -0.39 is 5.60 Å². The number of amides is 2. The zero-order valence-electron chi connectivity index (χ0n) is 14.9. The van der Waals surface area contributed by atoms with Crippen LogP contribution in [-0.4, -0.2) is 74.4 Å². The Bertz CT molecular complexity index is 606. The summed E-state index contributed by atoms with van der Waals surface area (Å²) in [5.74, 6) is -0.0508. The molecule has 0 saturated carbocycles. The Hall–Kier alpha value is -2.19. The average molecular weight is 351 g/mol. The van der Waals surface area contributed by atoms with Gasteiger partial charge in [-0.3, -0.25) is 9.59 Å². The van der Waals surface area contributed by atoms with E-state index in [1.165, 1.54) is 0 Å². The van der Waals surface area contributed by atoms with E-state index >= 15 is 0 Å². The molecular formula is C17H25N3O5. The molecule has 0 aromatic carbocycles. The molecule has 2 amide bonds. The van der Waals surface area contributed by atoms with Crippen LogP contribution in [0.1, 0.15) is 23.7 Å². The number of aromatic nitrogens is 1. The van der Waals surface area contributed by atoms with Crippen molar-refractivity contribution in [3.05, 3.63) is 23.9 Å². The summed E-state index contributed by atoms with van der Waals surface area (Å²) in [7, 11) is 3.11. The molecule has 1 atom stereocenters. The maximum atomic E-state index is 13.0. The lowest BCUT2D eigenvalue weighted by atomic mass is 9.97. The van der Waals surface area contributed by atoms with Gasteiger partial charge in [0.25, 0.3) is 5.91 Å². The number of nitrogens with zero attached hydrogens (tertiary/aromatic N) is 2. The molecule has 2 heterocycles. The number of morpholine rings is 1. The average Bonchev–Trinajstić information content (AvgIpc) is 2.62. The highest BCUT2D eigenvalue weighted by molar-refractivity contribution is 5.96. The first-order valence-corrected chi connectivity index (χ1v) is 8.26. The van der Waals surface area contributed by atoms with Crippen molar-refractivity contribution in [3.8, 4) is 5.88 Å². The molecule has 0 spiro atoms. The van der Waals surface area contributed by atoms with Gasteiger partial charge in [0, 0.05) is 26.9 Å². The molecule has 0 aliphatic carbocycles. The quantitative estimate of drug-likeness (QED) is 0.768. The van der Waals surface area contributed by atoms with E-state index in [2.05, 4.69) is 10.3 Å². The minimum absolute atomic E-state index is 0.118. The summed E-state index contributed by atoms with van der Waals surface area (Å²) >= 11 is 0. The van der Waals surface area contributed by atoms with Gasteiger partial charge in [0.1, 0.15) is 11.2 Å². The van der Waals surface area contributed by atoms with E-state index in [1.807, 2.05) is 6.92 Å². The fraction of sp³-hybridized carbons (Fsp3) is 0.588. The Morgan fingerprint density at radius 2 is 2.28 bits per heavy atom. The Balaban J connectivity index is 2.21. The lowest BCUT2D eigenvalue weighted by molar-refractivity contribution is -0.150. The maximum Gasteiger partial charge on any atom is 0.259 e. The van der Waals surface area contributed by atoms with Crippen LogP contribution in [0.3, 0.4) is 0 Å². The molecule has 1 fully saturated rings. The molecule has 1 aliphatic heterocycles. The van der Waals surface area contributed by atoms with E-state index in [-0.39, 0.29) is 31.4 Å². The summed E-state index contributed by atoms with van der Waals surface area (Å²) in [5.41, 5.74) is -0.464. The molecule has 0 unspecified atom stereocenters. The van der Waals surface area contributed by atoms with Gasteiger partial charge in [0.05, 0.1) is 32.8 Å². The monoisotopic (exact) mass is 351 g/mol. The van der Waals surface area contributed by atoms with Crippen LogP contribution in [-0.2, 0) is 14.3 Å². The highest BCUT2D eigenvalue weighted by Gasteiger charge is 2.41. The van der Waals surface area contributed by atoms with E-state index in [1.54, 1.807) is 37.4 Å². The van der Waals surface area contributed by atoms with Crippen LogP contribution in [0.4, 0.5) is 0 Å². The Morgan fingerprint density at radius 3 is 2.96 bits per heavy atom. The first kappa shape index (κ1) is 19.1. The summed E-state index contributed by atoms with van der Waals surface area (Å²) in [5, 5.41) is 2.59. The van der Waals surface area contributed by atoms with Gasteiger partial charge in [0.2, 0.25) is 11.8 Å². The zero-order valence-corrected chi connectivity index (χ0v) is 14.9. The summed E-state index contributed by atoms with van der Waals surface area (Å²) in [6, 6.07) is 3.38. The number of rotatable bonds is 7. The first-order valence-electron chi connectivity index (χ1n) is 8.26. The van der Waals surface area contributed by atoms with Gasteiger partial charge in [-0.05, 0) is 19.1 Å². The van der Waals surface area contributed by atoms with Gasteiger partial charge in [-0.1, -0.05) is 0 Å². The van der Waals surface area contributed by atoms with E-state index in [0.29, 0.717) is 31.2 Å². The van der Waals surface area contributed by atoms with Crippen molar-refractivity contribution in [1.82, 2.24) is 15.2 Å². The predicted octanol–water partition coefficient (Wildman–Crippen LogP) is 0.474. The molecule has 1 N–H and O–H groups in total. The van der Waals surface area contributed by atoms with Crippen LogP contribution in [0.25, 0.3) is 0 Å². The molecule has 8 heteroatoms. The van der Waals surface area contributed by atoms with E-state index in [4.69, 9.17) is 14.2 Å². The first-order chi connectivity index (χ1) is 12.0. The standard InChI is InChI=1S/C17H25N3O5/c1-4-24-15-13(6-5-7-19-15)16(22)20-8-9-25-17(11-20,12-23-3)10-14(21)18-2/h5-7H,4,8-12H2,1-3H3,(H,18,21)/t17-/m1/s1. The van der Waals surface area contributed by atoms with Crippen molar-refractivity contribution < 1.29 is 23.8 Å². The molecule has 8 nitrogen and oxygen atoms in total. The number of nitrogens with one attached hydrogen (secondary N) is 1. The molecule has 1 aromatic rings. The van der Waals surface area contributed by atoms with Crippen molar-refractivity contribution in [2.24, 2.45) is 0 Å².